The number of halogens is 1. The number of nitrogens with zero attached hydrogens (tertiary/aromatic N) is 7. The van der Waals surface area contributed by atoms with E-state index in [1.165, 1.54) is 45.3 Å². The van der Waals surface area contributed by atoms with Crippen LogP contribution in [0.5, 0.6) is 11.8 Å². The summed E-state index contributed by atoms with van der Waals surface area (Å²) in [6.45, 7) is 1.49. The average Bonchev–Trinajstić information content (AvgIpc) is 3.32. The van der Waals surface area contributed by atoms with Crippen LogP contribution in [0.4, 0.5) is 5.95 Å². The average molecular weight is 547 g/mol. The molecular formula is C22H23ClN8O5S. The zero-order chi connectivity index (χ0) is 26.6. The molecule has 194 valence electrons. The first-order valence-corrected chi connectivity index (χ1v) is 12.7. The largest absolute Gasteiger partial charge is 0.479 e. The molecule has 0 amide bonds. The zero-order valence-electron chi connectivity index (χ0n) is 20.2. The maximum Gasteiger partial charge on any atom is 0.245 e. The monoisotopic (exact) mass is 546 g/mol. The smallest absolute Gasteiger partial charge is 0.245 e. The molecule has 13 nitrogen and oxygen atoms in total. The van der Waals surface area contributed by atoms with Gasteiger partial charge in [-0.2, -0.15) is 9.97 Å². The van der Waals surface area contributed by atoms with Gasteiger partial charge in [-0.3, -0.25) is 19.3 Å². The molecule has 0 spiro atoms. The SMILES string of the molecule is COc1ncnc(OC)c1-n1c(NS(=O)(=O)[C@@H](C)[C@H](OC)c2ccc(Cl)cn2)nnc1-c1cccnc1. The van der Waals surface area contributed by atoms with Gasteiger partial charge in [-0.15, -0.1) is 10.2 Å². The van der Waals surface area contributed by atoms with Crippen LogP contribution in [-0.2, 0) is 14.8 Å². The van der Waals surface area contributed by atoms with Crippen molar-refractivity contribution >= 4 is 27.6 Å². The van der Waals surface area contributed by atoms with Gasteiger partial charge in [0.25, 0.3) is 0 Å². The predicted molar refractivity (Wildman–Crippen MR) is 134 cm³/mol. The van der Waals surface area contributed by atoms with Crippen molar-refractivity contribution in [3.05, 3.63) is 59.9 Å². The lowest BCUT2D eigenvalue weighted by atomic mass is 10.2. The molecule has 0 aliphatic rings. The summed E-state index contributed by atoms with van der Waals surface area (Å²) < 4.78 is 47.3. The van der Waals surface area contributed by atoms with Crippen molar-refractivity contribution in [3.8, 4) is 28.8 Å². The lowest BCUT2D eigenvalue weighted by Gasteiger charge is -2.23. The summed E-state index contributed by atoms with van der Waals surface area (Å²) in [5.74, 6) is 0.291. The Hall–Kier alpha value is -3.88. The summed E-state index contributed by atoms with van der Waals surface area (Å²) in [5, 5.41) is 7.63. The van der Waals surface area contributed by atoms with Gasteiger partial charge in [0.15, 0.2) is 11.5 Å². The van der Waals surface area contributed by atoms with Gasteiger partial charge in [-0.1, -0.05) is 11.6 Å². The predicted octanol–water partition coefficient (Wildman–Crippen LogP) is 2.70. The van der Waals surface area contributed by atoms with Gasteiger partial charge in [-0.25, -0.2) is 8.42 Å². The van der Waals surface area contributed by atoms with E-state index in [0.29, 0.717) is 16.3 Å². The highest BCUT2D eigenvalue weighted by molar-refractivity contribution is 7.93. The van der Waals surface area contributed by atoms with Gasteiger partial charge in [0.1, 0.15) is 17.7 Å². The van der Waals surface area contributed by atoms with E-state index in [1.54, 1.807) is 36.7 Å². The summed E-state index contributed by atoms with van der Waals surface area (Å²) in [6, 6.07) is 6.65. The van der Waals surface area contributed by atoms with E-state index >= 15 is 0 Å². The van der Waals surface area contributed by atoms with Gasteiger partial charge in [-0.05, 0) is 31.2 Å². The minimum Gasteiger partial charge on any atom is -0.479 e. The lowest BCUT2D eigenvalue weighted by molar-refractivity contribution is 0.0989. The third-order valence-corrected chi connectivity index (χ3v) is 7.31. The van der Waals surface area contributed by atoms with Gasteiger partial charge >= 0.3 is 0 Å². The Kier molecular flexibility index (Phi) is 7.80. The maximum absolute atomic E-state index is 13.5. The second-order valence-electron chi connectivity index (χ2n) is 7.57. The molecule has 4 aromatic rings. The van der Waals surface area contributed by atoms with Gasteiger partial charge in [0, 0.05) is 31.3 Å². The number of hydrogen-bond donors (Lipinski definition) is 1. The molecule has 4 rings (SSSR count). The summed E-state index contributed by atoms with van der Waals surface area (Å²) >= 11 is 5.93. The Morgan fingerprint density at radius 1 is 1.00 bits per heavy atom. The van der Waals surface area contributed by atoms with E-state index in [2.05, 4.69) is 34.9 Å². The molecular weight excluding hydrogens is 524 g/mol. The highest BCUT2D eigenvalue weighted by Crippen LogP contribution is 2.35. The minimum atomic E-state index is -4.13. The van der Waals surface area contributed by atoms with Gasteiger partial charge in [0.05, 0.1) is 24.9 Å². The van der Waals surface area contributed by atoms with E-state index < -0.39 is 21.4 Å². The number of nitrogens with one attached hydrogen (secondary N) is 1. The van der Waals surface area contributed by atoms with E-state index in [1.807, 2.05) is 0 Å². The van der Waals surface area contributed by atoms with Crippen LogP contribution < -0.4 is 14.2 Å². The Balaban J connectivity index is 1.83. The molecule has 4 aromatic heterocycles. The third-order valence-electron chi connectivity index (χ3n) is 5.39. The van der Waals surface area contributed by atoms with Crippen LogP contribution in [0.25, 0.3) is 17.1 Å². The summed E-state index contributed by atoms with van der Waals surface area (Å²) in [7, 11) is 0.0857. The molecule has 0 saturated heterocycles. The Morgan fingerprint density at radius 3 is 2.30 bits per heavy atom. The van der Waals surface area contributed by atoms with E-state index in [0.717, 1.165) is 0 Å². The van der Waals surface area contributed by atoms with E-state index in [9.17, 15) is 8.42 Å². The number of ether oxygens (including phenoxy) is 3. The van der Waals surface area contributed by atoms with Crippen LogP contribution in [0.15, 0.2) is 49.2 Å². The zero-order valence-corrected chi connectivity index (χ0v) is 21.8. The maximum atomic E-state index is 13.5. The Morgan fingerprint density at radius 2 is 1.73 bits per heavy atom. The summed E-state index contributed by atoms with van der Waals surface area (Å²) in [5.41, 5.74) is 1.12. The van der Waals surface area contributed by atoms with E-state index in [4.69, 9.17) is 25.8 Å². The van der Waals surface area contributed by atoms with Crippen LogP contribution >= 0.6 is 11.6 Å². The Labute approximate surface area is 217 Å². The Bertz CT molecular complexity index is 1450. The number of methoxy groups -OCH3 is 3. The molecule has 1 N–H and O–H groups in total. The lowest BCUT2D eigenvalue weighted by Crippen LogP contribution is -2.33. The molecule has 2 atom stereocenters. The number of pyridine rings is 2. The molecule has 37 heavy (non-hydrogen) atoms. The number of rotatable bonds is 10. The van der Waals surface area contributed by atoms with Crippen LogP contribution in [0.2, 0.25) is 5.02 Å². The van der Waals surface area contributed by atoms with Crippen LogP contribution in [-0.4, -0.2) is 69.7 Å². The fraction of sp³-hybridized carbons (Fsp3) is 0.273. The quantitative estimate of drug-likeness (QED) is 0.312. The van der Waals surface area contributed by atoms with Crippen LogP contribution in [0.1, 0.15) is 18.7 Å². The number of hydrogen-bond acceptors (Lipinski definition) is 11. The van der Waals surface area contributed by atoms with Crippen molar-refractivity contribution in [3.63, 3.8) is 0 Å². The number of aromatic nitrogens is 7. The molecule has 0 bridgehead atoms. The minimum absolute atomic E-state index is 0.102. The molecule has 0 aromatic carbocycles. The highest BCUT2D eigenvalue weighted by atomic mass is 35.5. The fourth-order valence-electron chi connectivity index (χ4n) is 3.57. The van der Waals surface area contributed by atoms with E-state index in [-0.39, 0.29) is 29.2 Å². The van der Waals surface area contributed by atoms with Crippen molar-refractivity contribution in [1.29, 1.82) is 0 Å². The molecule has 0 radical (unpaired) electrons. The fourth-order valence-corrected chi connectivity index (χ4v) is 4.83. The first-order valence-electron chi connectivity index (χ1n) is 10.8. The van der Waals surface area contributed by atoms with Crippen molar-refractivity contribution in [2.75, 3.05) is 26.1 Å². The number of anilines is 1. The van der Waals surface area contributed by atoms with Crippen LogP contribution in [0, 0.1) is 0 Å². The number of sulfonamides is 1. The molecule has 15 heteroatoms. The third kappa shape index (κ3) is 5.30. The molecule has 0 saturated carbocycles. The highest BCUT2D eigenvalue weighted by Gasteiger charge is 2.34. The van der Waals surface area contributed by atoms with Crippen molar-refractivity contribution in [2.24, 2.45) is 0 Å². The first kappa shape index (κ1) is 26.2. The topological polar surface area (TPSA) is 156 Å². The van der Waals surface area contributed by atoms with Crippen molar-refractivity contribution < 1.29 is 22.6 Å². The van der Waals surface area contributed by atoms with Gasteiger partial charge < -0.3 is 14.2 Å². The summed E-state index contributed by atoms with van der Waals surface area (Å²) in [6.07, 6.45) is 4.91. The molecule has 0 fully saturated rings. The second-order valence-corrected chi connectivity index (χ2v) is 10.0. The van der Waals surface area contributed by atoms with Gasteiger partial charge in [0.2, 0.25) is 27.7 Å². The molecule has 0 unspecified atom stereocenters. The summed E-state index contributed by atoms with van der Waals surface area (Å²) in [4.78, 5) is 16.6. The first-order chi connectivity index (χ1) is 17.8. The molecule has 0 aliphatic carbocycles. The molecule has 0 aliphatic heterocycles. The second kappa shape index (κ2) is 11.0. The van der Waals surface area contributed by atoms with Crippen molar-refractivity contribution in [2.45, 2.75) is 18.3 Å². The standard InChI is InChI=1S/C22H23ClN8O5S/c1-13(18(34-2)16-8-7-15(23)11-25-16)37(32,33)30-22-29-28-19(14-6-5-9-24-10-14)31(22)17-20(35-3)26-12-27-21(17)36-4/h5-13,18H,1-4H3,(H,29,30)/t13-,18-/m0/s1. The normalized spacial score (nSPS) is 13.1. The van der Waals surface area contributed by atoms with Crippen molar-refractivity contribution in [1.82, 2.24) is 34.7 Å². The molecule has 4 heterocycles. The van der Waals surface area contributed by atoms with Crippen LogP contribution in [0.3, 0.4) is 0 Å².